The Morgan fingerprint density at radius 1 is 1.04 bits per heavy atom. The number of benzene rings is 1. The highest BCUT2D eigenvalue weighted by Crippen LogP contribution is 2.18. The van der Waals surface area contributed by atoms with Crippen LogP contribution in [0.1, 0.15) is 21.7 Å². The summed E-state index contributed by atoms with van der Waals surface area (Å²) in [6, 6.07) is 15.3. The molecule has 1 aliphatic rings. The summed E-state index contributed by atoms with van der Waals surface area (Å²) in [4.78, 5) is 18.6. The highest BCUT2D eigenvalue weighted by Gasteiger charge is 2.26. The van der Waals surface area contributed by atoms with Crippen molar-refractivity contribution >= 4 is 5.91 Å². The molecule has 0 N–H and O–H groups in total. The van der Waals surface area contributed by atoms with E-state index >= 15 is 0 Å². The van der Waals surface area contributed by atoms with Gasteiger partial charge in [0.1, 0.15) is 23.7 Å². The van der Waals surface area contributed by atoms with Crippen LogP contribution in [0.4, 0.5) is 0 Å². The SMILES string of the molecule is O=C1c2cc(COc3ccccc3)nn2CCN1Cc1ccncc1. The van der Waals surface area contributed by atoms with Crippen LogP contribution in [0.15, 0.2) is 60.9 Å². The average molecular weight is 334 g/mol. The van der Waals surface area contributed by atoms with E-state index in [0.29, 0.717) is 31.9 Å². The van der Waals surface area contributed by atoms with Crippen LogP contribution in [0.2, 0.25) is 0 Å². The lowest BCUT2D eigenvalue weighted by molar-refractivity contribution is 0.0683. The molecule has 3 heterocycles. The van der Waals surface area contributed by atoms with Crippen molar-refractivity contribution in [3.63, 3.8) is 0 Å². The molecule has 0 fully saturated rings. The van der Waals surface area contributed by atoms with Gasteiger partial charge in [0, 0.05) is 25.5 Å². The predicted octanol–water partition coefficient (Wildman–Crippen LogP) is 2.51. The number of fused-ring (bicyclic) bond motifs is 1. The Morgan fingerprint density at radius 3 is 2.64 bits per heavy atom. The van der Waals surface area contributed by atoms with Gasteiger partial charge in [-0.2, -0.15) is 5.10 Å². The first-order valence-corrected chi connectivity index (χ1v) is 8.22. The second-order valence-electron chi connectivity index (χ2n) is 5.93. The van der Waals surface area contributed by atoms with Gasteiger partial charge in [-0.05, 0) is 35.9 Å². The number of hydrogen-bond donors (Lipinski definition) is 0. The highest BCUT2D eigenvalue weighted by molar-refractivity contribution is 5.93. The largest absolute Gasteiger partial charge is 0.487 e. The van der Waals surface area contributed by atoms with Crippen molar-refractivity contribution in [2.45, 2.75) is 19.7 Å². The third kappa shape index (κ3) is 3.38. The van der Waals surface area contributed by atoms with E-state index in [1.165, 1.54) is 0 Å². The van der Waals surface area contributed by atoms with E-state index in [9.17, 15) is 4.79 Å². The van der Waals surface area contributed by atoms with Crippen LogP contribution in [0, 0.1) is 0 Å². The molecule has 0 radical (unpaired) electrons. The molecule has 0 saturated heterocycles. The summed E-state index contributed by atoms with van der Waals surface area (Å²) in [6.45, 7) is 2.27. The summed E-state index contributed by atoms with van der Waals surface area (Å²) in [6.07, 6.45) is 3.49. The van der Waals surface area contributed by atoms with Gasteiger partial charge in [-0.15, -0.1) is 0 Å². The van der Waals surface area contributed by atoms with Crippen molar-refractivity contribution in [2.24, 2.45) is 0 Å². The molecule has 3 aromatic rings. The Labute approximate surface area is 145 Å². The van der Waals surface area contributed by atoms with E-state index in [1.54, 1.807) is 17.1 Å². The van der Waals surface area contributed by atoms with Crippen molar-refractivity contribution in [2.75, 3.05) is 6.54 Å². The minimum atomic E-state index is 0.00141. The normalized spacial score (nSPS) is 13.6. The van der Waals surface area contributed by atoms with Crippen molar-refractivity contribution in [3.8, 4) is 5.75 Å². The number of nitrogens with zero attached hydrogens (tertiary/aromatic N) is 4. The first kappa shape index (κ1) is 15.4. The van der Waals surface area contributed by atoms with Crippen LogP contribution in [0.5, 0.6) is 5.75 Å². The number of amides is 1. The van der Waals surface area contributed by atoms with E-state index in [2.05, 4.69) is 10.1 Å². The maximum Gasteiger partial charge on any atom is 0.272 e. The Hall–Kier alpha value is -3.15. The Bertz CT molecular complexity index is 862. The maximum absolute atomic E-state index is 12.7. The van der Waals surface area contributed by atoms with Crippen molar-refractivity contribution in [3.05, 3.63) is 77.9 Å². The van der Waals surface area contributed by atoms with Gasteiger partial charge in [-0.3, -0.25) is 14.5 Å². The first-order valence-electron chi connectivity index (χ1n) is 8.22. The fraction of sp³-hybridized carbons (Fsp3) is 0.211. The maximum atomic E-state index is 12.7. The number of ether oxygens (including phenoxy) is 1. The van der Waals surface area contributed by atoms with Gasteiger partial charge >= 0.3 is 0 Å². The van der Waals surface area contributed by atoms with Gasteiger partial charge in [-0.1, -0.05) is 18.2 Å². The van der Waals surface area contributed by atoms with Crippen molar-refractivity contribution in [1.82, 2.24) is 19.7 Å². The van der Waals surface area contributed by atoms with Crippen molar-refractivity contribution in [1.29, 1.82) is 0 Å². The van der Waals surface area contributed by atoms with Crippen LogP contribution >= 0.6 is 0 Å². The van der Waals surface area contributed by atoms with E-state index in [0.717, 1.165) is 17.0 Å². The average Bonchev–Trinajstić information content (AvgIpc) is 3.08. The molecule has 0 unspecified atom stereocenters. The molecule has 0 spiro atoms. The molecule has 2 aromatic heterocycles. The van der Waals surface area contributed by atoms with E-state index in [1.807, 2.05) is 53.4 Å². The zero-order chi connectivity index (χ0) is 17.1. The topological polar surface area (TPSA) is 60.2 Å². The number of carbonyl (C=O) groups excluding carboxylic acids is 1. The van der Waals surface area contributed by atoms with E-state index < -0.39 is 0 Å². The predicted molar refractivity (Wildman–Crippen MR) is 92.0 cm³/mol. The van der Waals surface area contributed by atoms with E-state index in [4.69, 9.17) is 4.74 Å². The molecule has 1 aromatic carbocycles. The van der Waals surface area contributed by atoms with Crippen LogP contribution in [-0.2, 0) is 19.7 Å². The second-order valence-corrected chi connectivity index (χ2v) is 5.93. The first-order chi connectivity index (χ1) is 12.3. The lowest BCUT2D eigenvalue weighted by Gasteiger charge is -2.27. The standard InChI is InChI=1S/C19H18N4O2/c24-19-18-12-16(14-25-17-4-2-1-3-5-17)21-23(18)11-10-22(19)13-15-6-8-20-9-7-15/h1-9,12H,10-11,13-14H2. The zero-order valence-electron chi connectivity index (χ0n) is 13.7. The molecule has 126 valence electrons. The molecule has 0 aliphatic carbocycles. The molecule has 4 rings (SSSR count). The molecule has 0 atom stereocenters. The smallest absolute Gasteiger partial charge is 0.272 e. The molecule has 6 heteroatoms. The Balaban J connectivity index is 1.45. The van der Waals surface area contributed by atoms with Crippen molar-refractivity contribution < 1.29 is 9.53 Å². The molecule has 1 amide bonds. The zero-order valence-corrected chi connectivity index (χ0v) is 13.7. The number of pyridine rings is 1. The molecule has 0 saturated carbocycles. The fourth-order valence-electron chi connectivity index (χ4n) is 2.90. The van der Waals surface area contributed by atoms with Gasteiger partial charge in [0.2, 0.25) is 0 Å². The molecule has 1 aliphatic heterocycles. The molecule has 0 bridgehead atoms. The number of para-hydroxylation sites is 1. The monoisotopic (exact) mass is 334 g/mol. The molecular weight excluding hydrogens is 316 g/mol. The number of rotatable bonds is 5. The van der Waals surface area contributed by atoms with Crippen LogP contribution in [0.25, 0.3) is 0 Å². The third-order valence-corrected chi connectivity index (χ3v) is 4.17. The van der Waals surface area contributed by atoms with Gasteiger partial charge in [0.25, 0.3) is 5.91 Å². The molecule has 25 heavy (non-hydrogen) atoms. The van der Waals surface area contributed by atoms with Crippen LogP contribution in [-0.4, -0.2) is 32.1 Å². The minimum Gasteiger partial charge on any atom is -0.487 e. The molecular formula is C19H18N4O2. The van der Waals surface area contributed by atoms with Crippen LogP contribution < -0.4 is 4.74 Å². The number of hydrogen-bond acceptors (Lipinski definition) is 4. The number of aromatic nitrogens is 3. The minimum absolute atomic E-state index is 0.00141. The summed E-state index contributed by atoms with van der Waals surface area (Å²) in [5, 5.41) is 4.49. The highest BCUT2D eigenvalue weighted by atomic mass is 16.5. The van der Waals surface area contributed by atoms with Gasteiger partial charge in [0.15, 0.2) is 0 Å². The quantitative estimate of drug-likeness (QED) is 0.719. The molecule has 6 nitrogen and oxygen atoms in total. The summed E-state index contributed by atoms with van der Waals surface area (Å²) in [5.41, 5.74) is 2.45. The van der Waals surface area contributed by atoms with E-state index in [-0.39, 0.29) is 5.91 Å². The van der Waals surface area contributed by atoms with Gasteiger partial charge < -0.3 is 9.64 Å². The second kappa shape index (κ2) is 6.76. The summed E-state index contributed by atoms with van der Waals surface area (Å²) in [7, 11) is 0. The lowest BCUT2D eigenvalue weighted by Crippen LogP contribution is -2.39. The number of carbonyl (C=O) groups is 1. The van der Waals surface area contributed by atoms with Gasteiger partial charge in [0.05, 0.1) is 6.54 Å². The Kier molecular flexibility index (Phi) is 4.16. The summed E-state index contributed by atoms with van der Waals surface area (Å²) >= 11 is 0. The summed E-state index contributed by atoms with van der Waals surface area (Å²) in [5.74, 6) is 0.792. The fourth-order valence-corrected chi connectivity index (χ4v) is 2.90. The summed E-state index contributed by atoms with van der Waals surface area (Å²) < 4.78 is 7.49. The van der Waals surface area contributed by atoms with Crippen LogP contribution in [0.3, 0.4) is 0 Å². The lowest BCUT2D eigenvalue weighted by atomic mass is 10.2. The van der Waals surface area contributed by atoms with Gasteiger partial charge in [-0.25, -0.2) is 0 Å². The third-order valence-electron chi connectivity index (χ3n) is 4.17. The Morgan fingerprint density at radius 2 is 1.84 bits per heavy atom.